The number of esters is 6. The first-order valence-corrected chi connectivity index (χ1v) is 13.3. The zero-order valence-corrected chi connectivity index (χ0v) is 24.4. The molecule has 1 saturated heterocycles. The topological polar surface area (TPSA) is 185 Å². The standard InChI is InChI=1S/C27H36O15/c1-11-19(37-13(3)29)8-17-18(25(33)34-7)9-36-26(21(11)17)42-27-24(40-16(6)32)23(39-15(5)31)22(38-14(4)30)20(41-27)10-35-12(2)28/h9,11,17,19-24,26-27H,8,10H2,1-7H3/t11-,17+,19-,20+,21-,22+,23-,24+,26+,27-/m0/s1. The fourth-order valence-electron chi connectivity index (χ4n) is 5.57. The monoisotopic (exact) mass is 600 g/mol. The molecular formula is C27H36O15. The number of ether oxygens (including phenoxy) is 9. The fourth-order valence-corrected chi connectivity index (χ4v) is 5.57. The van der Waals surface area contributed by atoms with E-state index in [1.165, 1.54) is 20.3 Å². The van der Waals surface area contributed by atoms with Gasteiger partial charge in [-0.15, -0.1) is 0 Å². The van der Waals surface area contributed by atoms with Crippen LogP contribution in [0.1, 0.15) is 48.0 Å². The molecule has 3 aliphatic rings. The van der Waals surface area contributed by atoms with Crippen molar-refractivity contribution in [1.82, 2.24) is 0 Å². The van der Waals surface area contributed by atoms with Gasteiger partial charge < -0.3 is 42.6 Å². The molecule has 0 aromatic rings. The molecule has 2 fully saturated rings. The summed E-state index contributed by atoms with van der Waals surface area (Å²) in [5.74, 6) is -5.66. The van der Waals surface area contributed by atoms with Gasteiger partial charge in [-0.25, -0.2) is 4.79 Å². The first-order valence-electron chi connectivity index (χ1n) is 13.3. The van der Waals surface area contributed by atoms with Crippen LogP contribution in [0.4, 0.5) is 0 Å². The van der Waals surface area contributed by atoms with E-state index in [4.69, 9.17) is 42.6 Å². The van der Waals surface area contributed by atoms with Gasteiger partial charge in [0.15, 0.2) is 18.3 Å². The highest BCUT2D eigenvalue weighted by Crippen LogP contribution is 2.49. The van der Waals surface area contributed by atoms with Crippen LogP contribution in [0, 0.1) is 17.8 Å². The Hall–Kier alpha value is -3.72. The highest BCUT2D eigenvalue weighted by Gasteiger charge is 2.57. The van der Waals surface area contributed by atoms with Gasteiger partial charge in [-0.2, -0.15) is 0 Å². The lowest BCUT2D eigenvalue weighted by Crippen LogP contribution is -2.63. The molecule has 0 spiro atoms. The average Bonchev–Trinajstić information content (AvgIpc) is 3.20. The van der Waals surface area contributed by atoms with Gasteiger partial charge in [-0.1, -0.05) is 6.92 Å². The molecule has 0 aromatic carbocycles. The summed E-state index contributed by atoms with van der Waals surface area (Å²) in [6, 6.07) is 0. The van der Waals surface area contributed by atoms with E-state index in [-0.39, 0.29) is 17.9 Å². The molecule has 0 N–H and O–H groups in total. The lowest BCUT2D eigenvalue weighted by atomic mass is 9.83. The molecule has 0 amide bonds. The van der Waals surface area contributed by atoms with Gasteiger partial charge >= 0.3 is 35.8 Å². The summed E-state index contributed by atoms with van der Waals surface area (Å²) in [7, 11) is 1.22. The summed E-state index contributed by atoms with van der Waals surface area (Å²) in [5, 5.41) is 0. The van der Waals surface area contributed by atoms with Crippen molar-refractivity contribution < 1.29 is 71.4 Å². The minimum absolute atomic E-state index is 0.213. The summed E-state index contributed by atoms with van der Waals surface area (Å²) in [4.78, 5) is 72.1. The zero-order chi connectivity index (χ0) is 31.3. The SMILES string of the molecule is COC(=O)C1=CO[C@H](O[C@@H]2O[C@H](COC(C)=O)[C@@H](OC(C)=O)[C@H](OC(C)=O)[C@H]2OC(C)=O)[C@H]2[C@@H](C)[C@@H](OC(C)=O)C[C@H]12. The van der Waals surface area contributed by atoms with Gasteiger partial charge in [-0.3, -0.25) is 24.0 Å². The van der Waals surface area contributed by atoms with Crippen molar-refractivity contribution in [3.8, 4) is 0 Å². The first-order chi connectivity index (χ1) is 19.7. The van der Waals surface area contributed by atoms with Crippen molar-refractivity contribution in [2.45, 2.75) is 91.1 Å². The predicted molar refractivity (Wildman–Crippen MR) is 134 cm³/mol. The average molecular weight is 601 g/mol. The van der Waals surface area contributed by atoms with E-state index in [2.05, 4.69) is 0 Å². The van der Waals surface area contributed by atoms with Crippen molar-refractivity contribution in [2.24, 2.45) is 17.8 Å². The van der Waals surface area contributed by atoms with Crippen LogP contribution in [-0.4, -0.2) is 92.6 Å². The van der Waals surface area contributed by atoms with Gasteiger partial charge in [0, 0.05) is 52.4 Å². The number of carbonyl (C=O) groups is 6. The molecule has 2 heterocycles. The maximum Gasteiger partial charge on any atom is 0.337 e. The Bertz CT molecular complexity index is 1100. The number of rotatable bonds is 9. The summed E-state index contributed by atoms with van der Waals surface area (Å²) >= 11 is 0. The van der Waals surface area contributed by atoms with E-state index in [0.29, 0.717) is 0 Å². The van der Waals surface area contributed by atoms with E-state index >= 15 is 0 Å². The van der Waals surface area contributed by atoms with Gasteiger partial charge in [0.25, 0.3) is 0 Å². The molecule has 42 heavy (non-hydrogen) atoms. The fraction of sp³-hybridized carbons (Fsp3) is 0.704. The Morgan fingerprint density at radius 3 is 1.90 bits per heavy atom. The molecular weight excluding hydrogens is 564 g/mol. The second-order valence-corrected chi connectivity index (χ2v) is 10.2. The molecule has 15 nitrogen and oxygen atoms in total. The molecule has 3 rings (SSSR count). The number of hydrogen-bond acceptors (Lipinski definition) is 15. The van der Waals surface area contributed by atoms with Crippen LogP contribution >= 0.6 is 0 Å². The van der Waals surface area contributed by atoms with E-state index in [0.717, 1.165) is 27.7 Å². The predicted octanol–water partition coefficient (Wildman–Crippen LogP) is 0.703. The summed E-state index contributed by atoms with van der Waals surface area (Å²) in [6.45, 7) is 7.11. The van der Waals surface area contributed by atoms with Crippen molar-refractivity contribution in [3.63, 3.8) is 0 Å². The van der Waals surface area contributed by atoms with E-state index in [9.17, 15) is 28.8 Å². The Labute approximate surface area is 242 Å². The molecule has 1 saturated carbocycles. The van der Waals surface area contributed by atoms with Gasteiger partial charge in [-0.05, 0) is 6.42 Å². The van der Waals surface area contributed by atoms with Crippen molar-refractivity contribution in [3.05, 3.63) is 11.8 Å². The van der Waals surface area contributed by atoms with Gasteiger partial charge in [0.2, 0.25) is 12.6 Å². The molecule has 0 aromatic heterocycles. The Kier molecular flexibility index (Phi) is 10.9. The largest absolute Gasteiger partial charge is 0.472 e. The second-order valence-electron chi connectivity index (χ2n) is 10.2. The van der Waals surface area contributed by atoms with Crippen LogP contribution in [0.25, 0.3) is 0 Å². The normalized spacial score (nSPS) is 33.5. The number of carbonyl (C=O) groups excluding carboxylic acids is 6. The molecule has 234 valence electrons. The first kappa shape index (κ1) is 32.8. The highest BCUT2D eigenvalue weighted by molar-refractivity contribution is 5.89. The third kappa shape index (κ3) is 7.76. The molecule has 15 heteroatoms. The third-order valence-electron chi connectivity index (χ3n) is 7.14. The Balaban J connectivity index is 2.01. The van der Waals surface area contributed by atoms with Gasteiger partial charge in [0.1, 0.15) is 18.8 Å². The van der Waals surface area contributed by atoms with Crippen LogP contribution in [0.15, 0.2) is 11.8 Å². The van der Waals surface area contributed by atoms with Crippen LogP contribution in [-0.2, 0) is 71.4 Å². The second kappa shape index (κ2) is 14.0. The van der Waals surface area contributed by atoms with Crippen molar-refractivity contribution >= 4 is 35.8 Å². The molecule has 2 aliphatic heterocycles. The smallest absolute Gasteiger partial charge is 0.337 e. The zero-order valence-electron chi connectivity index (χ0n) is 24.4. The van der Waals surface area contributed by atoms with E-state index < -0.39 is 97.4 Å². The van der Waals surface area contributed by atoms with Crippen molar-refractivity contribution in [1.29, 1.82) is 0 Å². The van der Waals surface area contributed by atoms with E-state index in [1.54, 1.807) is 6.92 Å². The maximum absolute atomic E-state index is 12.5. The van der Waals surface area contributed by atoms with Gasteiger partial charge in [0.05, 0.1) is 18.9 Å². The highest BCUT2D eigenvalue weighted by atomic mass is 16.8. The van der Waals surface area contributed by atoms with Crippen LogP contribution < -0.4 is 0 Å². The maximum atomic E-state index is 12.5. The Morgan fingerprint density at radius 2 is 1.36 bits per heavy atom. The quantitative estimate of drug-likeness (QED) is 0.266. The minimum Gasteiger partial charge on any atom is -0.472 e. The lowest BCUT2D eigenvalue weighted by molar-refractivity contribution is -0.345. The number of fused-ring (bicyclic) bond motifs is 1. The lowest BCUT2D eigenvalue weighted by Gasteiger charge is -2.46. The molecule has 0 radical (unpaired) electrons. The molecule has 10 atom stereocenters. The molecule has 0 bridgehead atoms. The minimum atomic E-state index is -1.51. The summed E-state index contributed by atoms with van der Waals surface area (Å²) < 4.78 is 49.8. The van der Waals surface area contributed by atoms with Crippen molar-refractivity contribution in [2.75, 3.05) is 13.7 Å². The van der Waals surface area contributed by atoms with Crippen LogP contribution in [0.3, 0.4) is 0 Å². The van der Waals surface area contributed by atoms with E-state index in [1.807, 2.05) is 0 Å². The number of methoxy groups -OCH3 is 1. The number of hydrogen-bond donors (Lipinski definition) is 0. The van der Waals surface area contributed by atoms with Crippen LogP contribution in [0.5, 0.6) is 0 Å². The molecule has 1 aliphatic carbocycles. The summed E-state index contributed by atoms with van der Waals surface area (Å²) in [5.41, 5.74) is 0.213. The summed E-state index contributed by atoms with van der Waals surface area (Å²) in [6.07, 6.45) is -7.30. The third-order valence-corrected chi connectivity index (χ3v) is 7.14. The van der Waals surface area contributed by atoms with Crippen LogP contribution in [0.2, 0.25) is 0 Å². The Morgan fingerprint density at radius 1 is 0.786 bits per heavy atom. The molecule has 0 unspecified atom stereocenters.